The van der Waals surface area contributed by atoms with Crippen molar-refractivity contribution in [3.63, 3.8) is 0 Å². The molecule has 0 saturated carbocycles. The third kappa shape index (κ3) is 5.66. The molecule has 1 N–H and O–H groups in total. The Morgan fingerprint density at radius 2 is 1.94 bits per heavy atom. The Hall–Kier alpha value is -2.83. The highest BCUT2D eigenvalue weighted by molar-refractivity contribution is 5.97. The number of amides is 2. The van der Waals surface area contributed by atoms with Crippen LogP contribution in [0.1, 0.15) is 67.3 Å². The highest BCUT2D eigenvalue weighted by Crippen LogP contribution is 2.24. The van der Waals surface area contributed by atoms with Gasteiger partial charge in [-0.05, 0) is 37.8 Å². The molecule has 168 valence electrons. The Balaban J connectivity index is 1.91. The average molecular weight is 427 g/mol. The first-order chi connectivity index (χ1) is 15.0. The molecule has 2 aromatic rings. The van der Waals surface area contributed by atoms with Crippen LogP contribution in [0.4, 0.5) is 0 Å². The van der Waals surface area contributed by atoms with E-state index in [0.717, 1.165) is 32.2 Å². The summed E-state index contributed by atoms with van der Waals surface area (Å²) in [5.74, 6) is 0.701. The van der Waals surface area contributed by atoms with Crippen molar-refractivity contribution < 1.29 is 14.3 Å². The summed E-state index contributed by atoms with van der Waals surface area (Å²) in [5, 5.41) is 0. The van der Waals surface area contributed by atoms with E-state index in [-0.39, 0.29) is 23.8 Å². The van der Waals surface area contributed by atoms with Gasteiger partial charge in [0, 0.05) is 19.6 Å². The Labute approximate surface area is 184 Å². The number of H-pyrrole nitrogens is 1. The van der Waals surface area contributed by atoms with E-state index in [1.807, 2.05) is 41.0 Å². The summed E-state index contributed by atoms with van der Waals surface area (Å²) >= 11 is 0. The zero-order valence-corrected chi connectivity index (χ0v) is 18.8. The first-order valence-electron chi connectivity index (χ1n) is 11.3. The maximum Gasteiger partial charge on any atom is 0.272 e. The lowest BCUT2D eigenvalue weighted by Crippen LogP contribution is -2.47. The van der Waals surface area contributed by atoms with E-state index in [2.05, 4.69) is 23.8 Å². The standard InChI is InChI=1S/C24H34N4O3/c1-4-27-13-9-5-6-10-14-28(24(30)20-15-25-17-26-20)21(18(2)3)16-31-22-12-8-7-11-19(22)23(27)29/h7-8,11-12,15,17-18,21H,4-6,9-10,13-14,16H2,1-3H3,(H,25,26)/t21-/m1/s1. The van der Waals surface area contributed by atoms with Crippen molar-refractivity contribution in [3.8, 4) is 5.75 Å². The molecule has 1 aliphatic heterocycles. The van der Waals surface area contributed by atoms with Crippen molar-refractivity contribution in [1.29, 1.82) is 0 Å². The van der Waals surface area contributed by atoms with E-state index in [4.69, 9.17) is 4.74 Å². The first-order valence-corrected chi connectivity index (χ1v) is 11.3. The second-order valence-corrected chi connectivity index (χ2v) is 8.38. The molecule has 0 radical (unpaired) electrons. The fourth-order valence-corrected chi connectivity index (χ4v) is 4.04. The molecule has 0 fully saturated rings. The van der Waals surface area contributed by atoms with Crippen LogP contribution in [-0.4, -0.2) is 63.9 Å². The van der Waals surface area contributed by atoms with Gasteiger partial charge in [0.1, 0.15) is 18.1 Å². The summed E-state index contributed by atoms with van der Waals surface area (Å²) in [6, 6.07) is 7.29. The third-order valence-corrected chi connectivity index (χ3v) is 5.93. The Kier molecular flexibility index (Phi) is 8.09. The largest absolute Gasteiger partial charge is 0.491 e. The molecule has 7 nitrogen and oxygen atoms in total. The Morgan fingerprint density at radius 3 is 2.61 bits per heavy atom. The summed E-state index contributed by atoms with van der Waals surface area (Å²) < 4.78 is 6.20. The normalized spacial score (nSPS) is 19.0. The molecule has 3 rings (SSSR count). The molecule has 0 saturated heterocycles. The van der Waals surface area contributed by atoms with Crippen LogP contribution in [0.25, 0.3) is 0 Å². The Bertz CT molecular complexity index is 850. The zero-order chi connectivity index (χ0) is 22.2. The van der Waals surface area contributed by atoms with Crippen molar-refractivity contribution in [3.05, 3.63) is 48.0 Å². The van der Waals surface area contributed by atoms with Gasteiger partial charge in [-0.2, -0.15) is 0 Å². The van der Waals surface area contributed by atoms with E-state index in [9.17, 15) is 9.59 Å². The number of aromatic amines is 1. The molecule has 1 aromatic carbocycles. The number of hydrogen-bond acceptors (Lipinski definition) is 4. The minimum atomic E-state index is -0.121. The quantitative estimate of drug-likeness (QED) is 0.805. The molecule has 1 aromatic heterocycles. The maximum atomic E-state index is 13.2. The highest BCUT2D eigenvalue weighted by Gasteiger charge is 2.29. The van der Waals surface area contributed by atoms with Gasteiger partial charge < -0.3 is 19.5 Å². The summed E-state index contributed by atoms with van der Waals surface area (Å²) in [5.41, 5.74) is 1.07. The lowest BCUT2D eigenvalue weighted by Gasteiger charge is -2.34. The van der Waals surface area contributed by atoms with Crippen LogP contribution in [0.2, 0.25) is 0 Å². The topological polar surface area (TPSA) is 78.5 Å². The van der Waals surface area contributed by atoms with Crippen LogP contribution in [0.5, 0.6) is 5.75 Å². The summed E-state index contributed by atoms with van der Waals surface area (Å²) in [6.45, 7) is 8.61. The minimum absolute atomic E-state index is 0.00153. The van der Waals surface area contributed by atoms with E-state index in [0.29, 0.717) is 36.7 Å². The number of fused-ring (bicyclic) bond motifs is 1. The molecule has 1 aliphatic rings. The molecular weight excluding hydrogens is 392 g/mol. The molecule has 2 amide bonds. The predicted molar refractivity (Wildman–Crippen MR) is 120 cm³/mol. The number of hydrogen-bond donors (Lipinski definition) is 1. The van der Waals surface area contributed by atoms with Gasteiger partial charge in [-0.25, -0.2) is 4.98 Å². The van der Waals surface area contributed by atoms with Gasteiger partial charge in [-0.15, -0.1) is 0 Å². The Morgan fingerprint density at radius 1 is 1.19 bits per heavy atom. The average Bonchev–Trinajstić information content (AvgIpc) is 3.31. The lowest BCUT2D eigenvalue weighted by molar-refractivity contribution is 0.0516. The van der Waals surface area contributed by atoms with Gasteiger partial charge in [-0.1, -0.05) is 38.8 Å². The smallest absolute Gasteiger partial charge is 0.272 e. The summed E-state index contributed by atoms with van der Waals surface area (Å²) in [6.07, 6.45) is 7.00. The fraction of sp³-hybridized carbons (Fsp3) is 0.542. The number of rotatable bonds is 3. The SMILES string of the molecule is CCN1CCCCCCN(C(=O)c2cnc[nH]2)[C@@H](C(C)C)COc2ccccc2C1=O. The molecule has 0 aliphatic carbocycles. The number of carbonyl (C=O) groups is 2. The first kappa shape index (κ1) is 22.8. The van der Waals surface area contributed by atoms with Crippen molar-refractivity contribution in [1.82, 2.24) is 19.8 Å². The lowest BCUT2D eigenvalue weighted by atomic mass is 10.0. The van der Waals surface area contributed by atoms with Gasteiger partial charge >= 0.3 is 0 Å². The summed E-state index contributed by atoms with van der Waals surface area (Å²) in [4.78, 5) is 37.1. The number of carbonyl (C=O) groups excluding carboxylic acids is 2. The number of imidazole rings is 1. The number of ether oxygens (including phenoxy) is 1. The zero-order valence-electron chi connectivity index (χ0n) is 18.8. The predicted octanol–water partition coefficient (Wildman–Crippen LogP) is 3.99. The molecule has 1 atom stereocenters. The van der Waals surface area contributed by atoms with Crippen LogP contribution >= 0.6 is 0 Å². The highest BCUT2D eigenvalue weighted by atomic mass is 16.5. The van der Waals surface area contributed by atoms with Crippen LogP contribution in [0.15, 0.2) is 36.8 Å². The van der Waals surface area contributed by atoms with E-state index >= 15 is 0 Å². The second-order valence-electron chi connectivity index (χ2n) is 8.38. The van der Waals surface area contributed by atoms with Crippen LogP contribution in [0.3, 0.4) is 0 Å². The second kappa shape index (κ2) is 11.0. The van der Waals surface area contributed by atoms with Crippen LogP contribution in [-0.2, 0) is 0 Å². The number of aromatic nitrogens is 2. The van der Waals surface area contributed by atoms with E-state index in [1.165, 1.54) is 6.33 Å². The number of nitrogens with zero attached hydrogens (tertiary/aromatic N) is 3. The molecule has 0 bridgehead atoms. The van der Waals surface area contributed by atoms with Crippen molar-refractivity contribution in [2.75, 3.05) is 26.2 Å². The van der Waals surface area contributed by atoms with E-state index < -0.39 is 0 Å². The molecular formula is C24H34N4O3. The van der Waals surface area contributed by atoms with Crippen molar-refractivity contribution in [2.45, 2.75) is 52.5 Å². The van der Waals surface area contributed by atoms with Gasteiger partial charge in [0.2, 0.25) is 0 Å². The minimum Gasteiger partial charge on any atom is -0.491 e. The third-order valence-electron chi connectivity index (χ3n) is 5.93. The van der Waals surface area contributed by atoms with Gasteiger partial charge in [0.05, 0.1) is 24.1 Å². The molecule has 7 heteroatoms. The monoisotopic (exact) mass is 426 g/mol. The molecule has 31 heavy (non-hydrogen) atoms. The summed E-state index contributed by atoms with van der Waals surface area (Å²) in [7, 11) is 0. The van der Waals surface area contributed by atoms with Gasteiger partial charge in [-0.3, -0.25) is 9.59 Å². The van der Waals surface area contributed by atoms with Crippen LogP contribution in [0, 0.1) is 5.92 Å². The van der Waals surface area contributed by atoms with Crippen LogP contribution < -0.4 is 4.74 Å². The van der Waals surface area contributed by atoms with Crippen molar-refractivity contribution >= 4 is 11.8 Å². The fourth-order valence-electron chi connectivity index (χ4n) is 4.04. The molecule has 0 spiro atoms. The van der Waals surface area contributed by atoms with Crippen molar-refractivity contribution in [2.24, 2.45) is 5.92 Å². The number of benzene rings is 1. The molecule has 0 unspecified atom stereocenters. The number of para-hydroxylation sites is 1. The molecule has 2 heterocycles. The number of nitrogens with one attached hydrogen (secondary N) is 1. The maximum absolute atomic E-state index is 13.2. The van der Waals surface area contributed by atoms with Gasteiger partial charge in [0.25, 0.3) is 11.8 Å². The van der Waals surface area contributed by atoms with E-state index in [1.54, 1.807) is 6.20 Å². The van der Waals surface area contributed by atoms with Gasteiger partial charge in [0.15, 0.2) is 0 Å².